The third kappa shape index (κ3) is 4.86. The molecule has 0 aliphatic carbocycles. The van der Waals surface area contributed by atoms with Crippen LogP contribution < -0.4 is 0 Å². The molecular formula is C26H27N. The Morgan fingerprint density at radius 2 is 1.56 bits per heavy atom. The van der Waals surface area contributed by atoms with Crippen molar-refractivity contribution in [1.82, 2.24) is 0 Å². The fraction of sp³-hybridized carbons (Fsp3) is 0.269. The van der Waals surface area contributed by atoms with E-state index in [0.29, 0.717) is 11.5 Å². The Kier molecular flexibility index (Phi) is 6.44. The molecule has 0 fully saturated rings. The topological polar surface area (TPSA) is 23.8 Å². The van der Waals surface area contributed by atoms with Gasteiger partial charge in [-0.05, 0) is 52.3 Å². The van der Waals surface area contributed by atoms with E-state index in [2.05, 4.69) is 68.4 Å². The summed E-state index contributed by atoms with van der Waals surface area (Å²) >= 11 is 0. The zero-order valence-electron chi connectivity index (χ0n) is 16.3. The van der Waals surface area contributed by atoms with Crippen molar-refractivity contribution >= 4 is 0 Å². The van der Waals surface area contributed by atoms with Gasteiger partial charge < -0.3 is 0 Å². The highest BCUT2D eigenvalue weighted by Gasteiger charge is 2.11. The van der Waals surface area contributed by atoms with E-state index >= 15 is 0 Å². The summed E-state index contributed by atoms with van der Waals surface area (Å²) in [5.41, 5.74) is 6.96. The third-order valence-corrected chi connectivity index (χ3v) is 5.13. The van der Waals surface area contributed by atoms with Gasteiger partial charge in [0.15, 0.2) is 0 Å². The molecule has 1 nitrogen and oxygen atoms in total. The molecule has 1 atom stereocenters. The van der Waals surface area contributed by atoms with Gasteiger partial charge >= 0.3 is 0 Å². The number of unbranched alkanes of at least 4 members (excludes halogenated alkanes) is 1. The first kappa shape index (κ1) is 18.9. The second-order valence-corrected chi connectivity index (χ2v) is 7.39. The van der Waals surface area contributed by atoms with Gasteiger partial charge in [-0.25, -0.2) is 0 Å². The van der Waals surface area contributed by atoms with Gasteiger partial charge in [-0.1, -0.05) is 93.8 Å². The fourth-order valence-electron chi connectivity index (χ4n) is 3.61. The quantitative estimate of drug-likeness (QED) is 0.438. The first-order valence-corrected chi connectivity index (χ1v) is 9.90. The number of hydrogen-bond acceptors (Lipinski definition) is 1. The van der Waals surface area contributed by atoms with Crippen molar-refractivity contribution in [3.05, 3.63) is 83.9 Å². The van der Waals surface area contributed by atoms with E-state index in [4.69, 9.17) is 5.26 Å². The molecule has 0 heterocycles. The molecule has 0 aromatic heterocycles. The van der Waals surface area contributed by atoms with E-state index in [-0.39, 0.29) is 0 Å². The second kappa shape index (κ2) is 9.19. The zero-order chi connectivity index (χ0) is 19.1. The second-order valence-electron chi connectivity index (χ2n) is 7.39. The lowest BCUT2D eigenvalue weighted by Crippen LogP contribution is -2.00. The van der Waals surface area contributed by atoms with Crippen LogP contribution in [0, 0.1) is 17.2 Å². The summed E-state index contributed by atoms with van der Waals surface area (Å²) in [5.74, 6) is 0.703. The van der Waals surface area contributed by atoms with Gasteiger partial charge in [0.1, 0.15) is 0 Å². The molecule has 0 amide bonds. The summed E-state index contributed by atoms with van der Waals surface area (Å²) in [6.07, 6.45) is 4.97. The van der Waals surface area contributed by atoms with E-state index in [9.17, 15) is 0 Å². The SMILES string of the molecule is CCCCC(C)Cc1ccc(-c2ccc(C#N)cc2)c(-c2ccccc2)c1. The minimum Gasteiger partial charge on any atom is -0.192 e. The molecular weight excluding hydrogens is 326 g/mol. The van der Waals surface area contributed by atoms with Crippen molar-refractivity contribution in [2.24, 2.45) is 5.92 Å². The van der Waals surface area contributed by atoms with Crippen molar-refractivity contribution in [2.75, 3.05) is 0 Å². The van der Waals surface area contributed by atoms with Crippen LogP contribution in [0.25, 0.3) is 22.3 Å². The Labute approximate surface area is 163 Å². The molecule has 0 bridgehead atoms. The fourth-order valence-corrected chi connectivity index (χ4v) is 3.61. The monoisotopic (exact) mass is 353 g/mol. The van der Waals surface area contributed by atoms with Crippen LogP contribution >= 0.6 is 0 Å². The molecule has 0 saturated heterocycles. The van der Waals surface area contributed by atoms with Crippen molar-refractivity contribution in [3.8, 4) is 28.3 Å². The minimum atomic E-state index is 0.696. The molecule has 0 radical (unpaired) electrons. The third-order valence-electron chi connectivity index (χ3n) is 5.13. The molecule has 3 aromatic rings. The lowest BCUT2D eigenvalue weighted by atomic mass is 9.89. The van der Waals surface area contributed by atoms with Gasteiger partial charge in [0.2, 0.25) is 0 Å². The summed E-state index contributed by atoms with van der Waals surface area (Å²) in [4.78, 5) is 0. The van der Waals surface area contributed by atoms with Crippen molar-refractivity contribution in [1.29, 1.82) is 5.26 Å². The van der Waals surface area contributed by atoms with E-state index in [1.165, 1.54) is 41.5 Å². The maximum Gasteiger partial charge on any atom is 0.0991 e. The average Bonchev–Trinajstić information content (AvgIpc) is 2.73. The lowest BCUT2D eigenvalue weighted by molar-refractivity contribution is 0.504. The number of nitriles is 1. The molecule has 0 aliphatic heterocycles. The molecule has 0 spiro atoms. The first-order chi connectivity index (χ1) is 13.2. The number of hydrogen-bond donors (Lipinski definition) is 0. The normalized spacial score (nSPS) is 11.7. The molecule has 136 valence electrons. The number of benzene rings is 3. The highest BCUT2D eigenvalue weighted by molar-refractivity contribution is 5.84. The van der Waals surface area contributed by atoms with Crippen LogP contribution in [0.2, 0.25) is 0 Å². The Morgan fingerprint density at radius 1 is 0.852 bits per heavy atom. The van der Waals surface area contributed by atoms with Crippen LogP contribution in [0.4, 0.5) is 0 Å². The molecule has 3 aromatic carbocycles. The highest BCUT2D eigenvalue weighted by atomic mass is 14.2. The summed E-state index contributed by atoms with van der Waals surface area (Å²) < 4.78 is 0. The molecule has 3 rings (SSSR count). The smallest absolute Gasteiger partial charge is 0.0991 e. The van der Waals surface area contributed by atoms with Crippen molar-refractivity contribution < 1.29 is 0 Å². The van der Waals surface area contributed by atoms with Crippen LogP contribution in [-0.4, -0.2) is 0 Å². The van der Waals surface area contributed by atoms with Gasteiger partial charge in [-0.15, -0.1) is 0 Å². The molecule has 0 aliphatic rings. The first-order valence-electron chi connectivity index (χ1n) is 9.90. The van der Waals surface area contributed by atoms with Crippen LogP contribution in [-0.2, 0) is 6.42 Å². The van der Waals surface area contributed by atoms with E-state index in [1.54, 1.807) is 0 Å². The van der Waals surface area contributed by atoms with Crippen LogP contribution in [0.15, 0.2) is 72.8 Å². The number of nitrogens with zero attached hydrogens (tertiary/aromatic N) is 1. The maximum absolute atomic E-state index is 9.06. The Bertz CT molecular complexity index is 901. The van der Waals surface area contributed by atoms with E-state index < -0.39 is 0 Å². The maximum atomic E-state index is 9.06. The summed E-state index contributed by atoms with van der Waals surface area (Å²) in [7, 11) is 0. The van der Waals surface area contributed by atoms with Gasteiger partial charge in [0.25, 0.3) is 0 Å². The van der Waals surface area contributed by atoms with Gasteiger partial charge in [-0.3, -0.25) is 0 Å². The summed E-state index contributed by atoms with van der Waals surface area (Å²) in [6.45, 7) is 4.61. The van der Waals surface area contributed by atoms with Gasteiger partial charge in [-0.2, -0.15) is 5.26 Å². The van der Waals surface area contributed by atoms with Crippen LogP contribution in [0.5, 0.6) is 0 Å². The van der Waals surface area contributed by atoms with Gasteiger partial charge in [0.05, 0.1) is 11.6 Å². The minimum absolute atomic E-state index is 0.696. The van der Waals surface area contributed by atoms with E-state index in [0.717, 1.165) is 12.0 Å². The van der Waals surface area contributed by atoms with Crippen molar-refractivity contribution in [2.45, 2.75) is 39.5 Å². The van der Waals surface area contributed by atoms with Crippen molar-refractivity contribution in [3.63, 3.8) is 0 Å². The molecule has 1 unspecified atom stereocenters. The summed E-state index contributed by atoms with van der Waals surface area (Å²) in [5, 5.41) is 9.06. The molecule has 0 saturated carbocycles. The standard InChI is InChI=1S/C26H27N/c1-3-4-8-20(2)17-22-13-16-25(24-14-11-21(19-27)12-15-24)26(18-22)23-9-6-5-7-10-23/h5-7,9-16,18,20H,3-4,8,17H2,1-2H3. The lowest BCUT2D eigenvalue weighted by Gasteiger charge is -2.15. The Hall–Kier alpha value is -2.85. The van der Waals surface area contributed by atoms with Crippen LogP contribution in [0.1, 0.15) is 44.2 Å². The van der Waals surface area contributed by atoms with Crippen LogP contribution in [0.3, 0.4) is 0 Å². The van der Waals surface area contributed by atoms with Gasteiger partial charge in [0, 0.05) is 0 Å². The predicted molar refractivity (Wildman–Crippen MR) is 114 cm³/mol. The predicted octanol–water partition coefficient (Wildman–Crippen LogP) is 7.26. The Morgan fingerprint density at radius 3 is 2.22 bits per heavy atom. The Balaban J connectivity index is 1.98. The molecule has 0 N–H and O–H groups in total. The van der Waals surface area contributed by atoms with E-state index in [1.807, 2.05) is 24.3 Å². The number of rotatable bonds is 7. The molecule has 27 heavy (non-hydrogen) atoms. The zero-order valence-corrected chi connectivity index (χ0v) is 16.3. The summed E-state index contributed by atoms with van der Waals surface area (Å²) in [6, 6.07) is 27.5. The average molecular weight is 354 g/mol. The highest BCUT2D eigenvalue weighted by Crippen LogP contribution is 2.34. The largest absolute Gasteiger partial charge is 0.192 e. The molecule has 1 heteroatoms.